The second kappa shape index (κ2) is 9.02. The van der Waals surface area contributed by atoms with E-state index in [1.807, 2.05) is 0 Å². The molecule has 1 saturated heterocycles. The van der Waals surface area contributed by atoms with Crippen molar-refractivity contribution < 1.29 is 27.4 Å². The van der Waals surface area contributed by atoms with Gasteiger partial charge in [-0.2, -0.15) is 0 Å². The number of halogens is 1. The predicted molar refractivity (Wildman–Crippen MR) is 116 cm³/mol. The van der Waals surface area contributed by atoms with Gasteiger partial charge in [-0.1, -0.05) is 0 Å². The van der Waals surface area contributed by atoms with Gasteiger partial charge in [-0.25, -0.2) is 22.3 Å². The number of nitrogens with one attached hydrogen (secondary N) is 1. The fourth-order valence-electron chi connectivity index (χ4n) is 3.67. The summed E-state index contributed by atoms with van der Waals surface area (Å²) in [6.45, 7) is 0.675. The standard InChI is InChI=1S/C20H21FN6O5S/c1-32-18-7-4-13(20(28)29)9-19(18)33(30,31)23-16-10-15(27-12-22-24-25-27)5-6-17(16)26-8-2-3-14(21)11-26/h4-7,9-10,12,14,23H,2-3,8,11H2,1H3,(H,28,29)/t14-/m1/s1. The normalized spacial score (nSPS) is 16.4. The zero-order valence-corrected chi connectivity index (χ0v) is 18.4. The minimum Gasteiger partial charge on any atom is -0.495 e. The summed E-state index contributed by atoms with van der Waals surface area (Å²) in [5, 5.41) is 20.3. The number of tetrazole rings is 1. The molecule has 11 nitrogen and oxygen atoms in total. The highest BCUT2D eigenvalue weighted by molar-refractivity contribution is 7.92. The van der Waals surface area contributed by atoms with Crippen molar-refractivity contribution in [3.63, 3.8) is 0 Å². The van der Waals surface area contributed by atoms with E-state index in [0.29, 0.717) is 30.8 Å². The molecule has 13 heteroatoms. The number of hydrogen-bond donors (Lipinski definition) is 2. The minimum atomic E-state index is -4.29. The number of sulfonamides is 1. The topological polar surface area (TPSA) is 140 Å². The first-order valence-corrected chi connectivity index (χ1v) is 11.5. The van der Waals surface area contributed by atoms with Gasteiger partial charge in [0.25, 0.3) is 10.0 Å². The molecule has 4 rings (SSSR count). The predicted octanol–water partition coefficient (Wildman–Crippen LogP) is 2.11. The van der Waals surface area contributed by atoms with Gasteiger partial charge in [0.1, 0.15) is 23.1 Å². The molecule has 0 bridgehead atoms. The second-order valence-corrected chi connectivity index (χ2v) is 9.07. The third-order valence-corrected chi connectivity index (χ3v) is 6.63. The van der Waals surface area contributed by atoms with Crippen LogP contribution in [-0.4, -0.2) is 66.1 Å². The first kappa shape index (κ1) is 22.5. The van der Waals surface area contributed by atoms with Crippen molar-refractivity contribution in [1.82, 2.24) is 20.2 Å². The Morgan fingerprint density at radius 1 is 1.27 bits per heavy atom. The lowest BCUT2D eigenvalue weighted by Gasteiger charge is -2.32. The van der Waals surface area contributed by atoms with Gasteiger partial charge in [-0.3, -0.25) is 4.72 Å². The lowest BCUT2D eigenvalue weighted by Crippen LogP contribution is -2.37. The molecular weight excluding hydrogens is 455 g/mol. The van der Waals surface area contributed by atoms with Crippen molar-refractivity contribution in [2.75, 3.05) is 29.8 Å². The van der Waals surface area contributed by atoms with Crippen LogP contribution in [-0.2, 0) is 10.0 Å². The lowest BCUT2D eigenvalue weighted by atomic mass is 10.1. The first-order chi connectivity index (χ1) is 15.8. The van der Waals surface area contributed by atoms with Gasteiger partial charge in [0.05, 0.1) is 29.7 Å². The zero-order valence-electron chi connectivity index (χ0n) is 17.5. The molecule has 2 N–H and O–H groups in total. The van der Waals surface area contributed by atoms with Crippen LogP contribution in [0.1, 0.15) is 23.2 Å². The number of ether oxygens (including phenoxy) is 1. The SMILES string of the molecule is COc1ccc(C(=O)O)cc1S(=O)(=O)Nc1cc(-n2cnnn2)ccc1N1CCC[C@@H](F)C1. The van der Waals surface area contributed by atoms with Crippen LogP contribution in [0.2, 0.25) is 0 Å². The molecule has 1 aliphatic heterocycles. The number of carboxylic acid groups (broad SMARTS) is 1. The van der Waals surface area contributed by atoms with E-state index in [4.69, 9.17) is 4.74 Å². The van der Waals surface area contributed by atoms with Crippen LogP contribution >= 0.6 is 0 Å². The maximum Gasteiger partial charge on any atom is 0.335 e. The van der Waals surface area contributed by atoms with Crippen molar-refractivity contribution in [1.29, 1.82) is 0 Å². The van der Waals surface area contributed by atoms with Gasteiger partial charge >= 0.3 is 5.97 Å². The van der Waals surface area contributed by atoms with E-state index in [1.54, 1.807) is 17.0 Å². The molecule has 1 aromatic heterocycles. The maximum atomic E-state index is 14.1. The quantitative estimate of drug-likeness (QED) is 0.525. The second-order valence-electron chi connectivity index (χ2n) is 7.42. The summed E-state index contributed by atoms with van der Waals surface area (Å²) in [7, 11) is -3.01. The molecule has 1 atom stereocenters. The third kappa shape index (κ3) is 4.72. The fourth-order valence-corrected chi connectivity index (χ4v) is 4.93. The molecule has 0 amide bonds. The molecular formula is C20H21FN6O5S. The lowest BCUT2D eigenvalue weighted by molar-refractivity contribution is 0.0696. The number of anilines is 2. The van der Waals surface area contributed by atoms with Crippen LogP contribution in [0.25, 0.3) is 5.69 Å². The number of piperidine rings is 1. The Labute approximate surface area is 188 Å². The molecule has 0 saturated carbocycles. The molecule has 1 fully saturated rings. The number of carboxylic acids is 1. The molecule has 0 spiro atoms. The van der Waals surface area contributed by atoms with E-state index in [0.717, 1.165) is 6.07 Å². The van der Waals surface area contributed by atoms with Crippen LogP contribution in [0, 0.1) is 0 Å². The highest BCUT2D eigenvalue weighted by atomic mass is 32.2. The van der Waals surface area contributed by atoms with Crippen molar-refractivity contribution in [2.45, 2.75) is 23.9 Å². The summed E-state index contributed by atoms with van der Waals surface area (Å²) in [5.74, 6) is -1.30. The summed E-state index contributed by atoms with van der Waals surface area (Å²) >= 11 is 0. The Hall–Kier alpha value is -3.74. The van der Waals surface area contributed by atoms with Gasteiger partial charge in [0.2, 0.25) is 0 Å². The summed E-state index contributed by atoms with van der Waals surface area (Å²) in [6, 6.07) is 8.42. The largest absolute Gasteiger partial charge is 0.495 e. The van der Waals surface area contributed by atoms with Gasteiger partial charge in [0, 0.05) is 13.1 Å². The number of hydrogen-bond acceptors (Lipinski definition) is 8. The molecule has 174 valence electrons. The molecule has 2 aromatic carbocycles. The molecule has 3 aromatic rings. The van der Waals surface area contributed by atoms with Gasteiger partial charge in [-0.15, -0.1) is 5.10 Å². The average Bonchev–Trinajstić information content (AvgIpc) is 3.33. The van der Waals surface area contributed by atoms with E-state index < -0.39 is 22.2 Å². The maximum absolute atomic E-state index is 14.1. The minimum absolute atomic E-state index is 0.0209. The smallest absolute Gasteiger partial charge is 0.335 e. The number of aromatic carboxylic acids is 1. The van der Waals surface area contributed by atoms with Crippen LogP contribution in [0.15, 0.2) is 47.6 Å². The van der Waals surface area contributed by atoms with E-state index in [-0.39, 0.29) is 28.4 Å². The number of rotatable bonds is 7. The van der Waals surface area contributed by atoms with Gasteiger partial charge < -0.3 is 14.7 Å². The van der Waals surface area contributed by atoms with Crippen molar-refractivity contribution in [3.05, 3.63) is 48.3 Å². The number of nitrogens with zero attached hydrogens (tertiary/aromatic N) is 5. The Bertz CT molecular complexity index is 1270. The van der Waals surface area contributed by atoms with Crippen LogP contribution < -0.4 is 14.4 Å². The molecule has 0 aliphatic carbocycles. The number of aromatic nitrogens is 4. The van der Waals surface area contributed by atoms with Crippen LogP contribution in [0.4, 0.5) is 15.8 Å². The fraction of sp³-hybridized carbons (Fsp3) is 0.300. The van der Waals surface area contributed by atoms with Crippen molar-refractivity contribution in [3.8, 4) is 11.4 Å². The molecule has 0 radical (unpaired) electrons. The number of carbonyl (C=O) groups is 1. The zero-order chi connectivity index (χ0) is 23.6. The third-order valence-electron chi connectivity index (χ3n) is 5.24. The van der Waals surface area contributed by atoms with Gasteiger partial charge in [-0.05, 0) is 59.7 Å². The Kier molecular flexibility index (Phi) is 6.14. The molecule has 2 heterocycles. The Balaban J connectivity index is 1.79. The summed E-state index contributed by atoms with van der Waals surface area (Å²) in [4.78, 5) is 12.8. The monoisotopic (exact) mass is 476 g/mol. The Morgan fingerprint density at radius 2 is 2.09 bits per heavy atom. The van der Waals surface area contributed by atoms with E-state index in [1.165, 1.54) is 36.3 Å². The Morgan fingerprint density at radius 3 is 2.76 bits per heavy atom. The van der Waals surface area contributed by atoms with Crippen molar-refractivity contribution >= 4 is 27.4 Å². The summed E-state index contributed by atoms with van der Waals surface area (Å²) in [5.41, 5.74) is 0.905. The van der Waals surface area contributed by atoms with Crippen LogP contribution in [0.5, 0.6) is 5.75 Å². The van der Waals surface area contributed by atoms with E-state index in [9.17, 15) is 22.7 Å². The summed E-state index contributed by atoms with van der Waals surface area (Å²) in [6.07, 6.45) is 1.39. The molecule has 1 aliphatic rings. The number of methoxy groups -OCH3 is 1. The highest BCUT2D eigenvalue weighted by Gasteiger charge is 2.26. The van der Waals surface area contributed by atoms with E-state index in [2.05, 4.69) is 20.2 Å². The average molecular weight is 476 g/mol. The summed E-state index contributed by atoms with van der Waals surface area (Å²) < 4.78 is 49.8. The van der Waals surface area contributed by atoms with Gasteiger partial charge in [0.15, 0.2) is 0 Å². The molecule has 33 heavy (non-hydrogen) atoms. The van der Waals surface area contributed by atoms with E-state index >= 15 is 0 Å². The molecule has 0 unspecified atom stereocenters. The van der Waals surface area contributed by atoms with Crippen LogP contribution in [0.3, 0.4) is 0 Å². The van der Waals surface area contributed by atoms with Crippen molar-refractivity contribution in [2.24, 2.45) is 0 Å². The highest BCUT2D eigenvalue weighted by Crippen LogP contribution is 2.34. The number of alkyl halides is 1. The number of benzene rings is 2. The first-order valence-electron chi connectivity index (χ1n) is 9.99.